The van der Waals surface area contributed by atoms with Crippen molar-refractivity contribution in [1.82, 2.24) is 0 Å². The summed E-state index contributed by atoms with van der Waals surface area (Å²) in [6.07, 6.45) is 0. The predicted molar refractivity (Wildman–Crippen MR) is 86.1 cm³/mol. The topological polar surface area (TPSA) is 58.2 Å². The van der Waals surface area contributed by atoms with E-state index < -0.39 is 0 Å². The van der Waals surface area contributed by atoms with Crippen molar-refractivity contribution in [3.63, 3.8) is 0 Å². The van der Waals surface area contributed by atoms with Crippen molar-refractivity contribution >= 4 is 35.0 Å². The van der Waals surface area contributed by atoms with Crippen LogP contribution in [-0.2, 0) is 9.59 Å². The van der Waals surface area contributed by atoms with Gasteiger partial charge in [0.05, 0.1) is 5.75 Å². The highest BCUT2D eigenvalue weighted by molar-refractivity contribution is 8.00. The molecule has 0 aliphatic heterocycles. The molecule has 0 radical (unpaired) electrons. The minimum Gasteiger partial charge on any atom is -0.326 e. The molecule has 0 fully saturated rings. The molecule has 0 aliphatic carbocycles. The highest BCUT2D eigenvalue weighted by Crippen LogP contribution is 2.19. The Kier molecular flexibility index (Phi) is 6.58. The van der Waals surface area contributed by atoms with E-state index in [4.69, 9.17) is 0 Å². The third kappa shape index (κ3) is 6.10. The molecule has 5 heteroatoms. The van der Waals surface area contributed by atoms with Gasteiger partial charge in [0.1, 0.15) is 0 Å². The summed E-state index contributed by atoms with van der Waals surface area (Å²) < 4.78 is 0. The van der Waals surface area contributed by atoms with Gasteiger partial charge in [0, 0.05) is 23.5 Å². The summed E-state index contributed by atoms with van der Waals surface area (Å²) >= 11 is 1.64. The smallest absolute Gasteiger partial charge is 0.234 e. The fourth-order valence-electron chi connectivity index (χ4n) is 1.47. The molecule has 0 aliphatic rings. The van der Waals surface area contributed by atoms with Gasteiger partial charge in [-0.2, -0.15) is 0 Å². The number of rotatable bonds is 6. The molecule has 1 aromatic carbocycles. The average molecular weight is 294 g/mol. The van der Waals surface area contributed by atoms with Crippen molar-refractivity contribution in [3.8, 4) is 0 Å². The molecule has 0 saturated carbocycles. The number of nitrogens with one attached hydrogen (secondary N) is 2. The van der Waals surface area contributed by atoms with Crippen LogP contribution < -0.4 is 10.6 Å². The Morgan fingerprint density at radius 1 is 1.15 bits per heavy atom. The molecule has 1 atom stereocenters. The fraction of sp³-hybridized carbons (Fsp3) is 0.467. The van der Waals surface area contributed by atoms with Gasteiger partial charge in [-0.25, -0.2) is 0 Å². The summed E-state index contributed by atoms with van der Waals surface area (Å²) in [5, 5.41) is 5.98. The van der Waals surface area contributed by atoms with E-state index in [-0.39, 0.29) is 11.8 Å². The number of hydrogen-bond donors (Lipinski definition) is 2. The first-order chi connectivity index (χ1) is 9.38. The molecular weight excluding hydrogens is 272 g/mol. The third-order valence-electron chi connectivity index (χ3n) is 2.88. The van der Waals surface area contributed by atoms with E-state index in [0.717, 1.165) is 0 Å². The summed E-state index contributed by atoms with van der Waals surface area (Å²) in [5.74, 6) is 0.831. The van der Waals surface area contributed by atoms with E-state index in [0.29, 0.717) is 28.3 Å². The SMILES string of the molecule is CC(=O)Nc1cccc(NC(=O)CS[C@@H](C)C(C)C)c1. The van der Waals surface area contributed by atoms with Crippen LogP contribution in [0.3, 0.4) is 0 Å². The number of anilines is 2. The molecule has 2 N–H and O–H groups in total. The van der Waals surface area contributed by atoms with Crippen LogP contribution in [0.25, 0.3) is 0 Å². The van der Waals surface area contributed by atoms with Gasteiger partial charge in [-0.1, -0.05) is 26.8 Å². The first-order valence-electron chi connectivity index (χ1n) is 6.67. The van der Waals surface area contributed by atoms with Crippen LogP contribution in [0.2, 0.25) is 0 Å². The van der Waals surface area contributed by atoms with Crippen LogP contribution in [0.5, 0.6) is 0 Å². The normalized spacial score (nSPS) is 12.1. The summed E-state index contributed by atoms with van der Waals surface area (Å²) in [7, 11) is 0. The maximum absolute atomic E-state index is 11.9. The van der Waals surface area contributed by atoms with Crippen LogP contribution in [0.15, 0.2) is 24.3 Å². The standard InChI is InChI=1S/C15H22N2O2S/c1-10(2)11(3)20-9-15(19)17-14-7-5-6-13(8-14)16-12(4)18/h5-8,10-11H,9H2,1-4H3,(H,16,18)(H,17,19)/t11-/m0/s1. The number of hydrogen-bond acceptors (Lipinski definition) is 3. The highest BCUT2D eigenvalue weighted by atomic mass is 32.2. The molecular formula is C15H22N2O2S. The largest absolute Gasteiger partial charge is 0.326 e. The molecule has 0 spiro atoms. The van der Waals surface area contributed by atoms with Crippen LogP contribution in [0.4, 0.5) is 11.4 Å². The van der Waals surface area contributed by atoms with Crippen molar-refractivity contribution in [2.24, 2.45) is 5.92 Å². The zero-order valence-corrected chi connectivity index (χ0v) is 13.2. The zero-order valence-electron chi connectivity index (χ0n) is 12.4. The van der Waals surface area contributed by atoms with Crippen LogP contribution in [-0.4, -0.2) is 22.8 Å². The molecule has 110 valence electrons. The van der Waals surface area contributed by atoms with E-state index in [2.05, 4.69) is 31.4 Å². The van der Waals surface area contributed by atoms with Gasteiger partial charge in [-0.3, -0.25) is 9.59 Å². The Bertz CT molecular complexity index is 475. The molecule has 0 heterocycles. The number of carbonyl (C=O) groups is 2. The highest BCUT2D eigenvalue weighted by Gasteiger charge is 2.10. The van der Waals surface area contributed by atoms with Gasteiger partial charge in [0.25, 0.3) is 0 Å². The van der Waals surface area contributed by atoms with Crippen LogP contribution in [0.1, 0.15) is 27.7 Å². The van der Waals surface area contributed by atoms with Crippen LogP contribution >= 0.6 is 11.8 Å². The Hall–Kier alpha value is -1.49. The van der Waals surface area contributed by atoms with E-state index in [9.17, 15) is 9.59 Å². The predicted octanol–water partition coefficient (Wildman–Crippen LogP) is 3.36. The van der Waals surface area contributed by atoms with Gasteiger partial charge in [0.2, 0.25) is 11.8 Å². The van der Waals surface area contributed by atoms with Gasteiger partial charge < -0.3 is 10.6 Å². The lowest BCUT2D eigenvalue weighted by atomic mass is 10.2. The number of carbonyl (C=O) groups excluding carboxylic acids is 2. The Morgan fingerprint density at radius 2 is 1.75 bits per heavy atom. The summed E-state index contributed by atoms with van der Waals surface area (Å²) in [6, 6.07) is 7.13. The van der Waals surface area contributed by atoms with Crippen molar-refractivity contribution in [2.45, 2.75) is 32.9 Å². The summed E-state index contributed by atoms with van der Waals surface area (Å²) in [5.41, 5.74) is 1.37. The van der Waals surface area contributed by atoms with Gasteiger partial charge in [-0.15, -0.1) is 11.8 Å². The second-order valence-electron chi connectivity index (χ2n) is 5.07. The maximum atomic E-state index is 11.9. The van der Waals surface area contributed by atoms with E-state index in [1.54, 1.807) is 36.0 Å². The first-order valence-corrected chi connectivity index (χ1v) is 7.72. The molecule has 0 bridgehead atoms. The Morgan fingerprint density at radius 3 is 2.30 bits per heavy atom. The zero-order chi connectivity index (χ0) is 15.1. The summed E-state index contributed by atoms with van der Waals surface area (Å²) in [6.45, 7) is 7.87. The second kappa shape index (κ2) is 7.94. The number of amides is 2. The lowest BCUT2D eigenvalue weighted by Crippen LogP contribution is -2.17. The fourth-order valence-corrected chi connectivity index (χ4v) is 2.35. The minimum atomic E-state index is -0.130. The average Bonchev–Trinajstić information content (AvgIpc) is 2.35. The molecule has 0 aromatic heterocycles. The minimum absolute atomic E-state index is 0.0255. The molecule has 4 nitrogen and oxygen atoms in total. The lowest BCUT2D eigenvalue weighted by molar-refractivity contribution is -0.114. The van der Waals surface area contributed by atoms with E-state index in [1.165, 1.54) is 6.92 Å². The third-order valence-corrected chi connectivity index (χ3v) is 4.38. The molecule has 20 heavy (non-hydrogen) atoms. The molecule has 1 aromatic rings. The van der Waals surface area contributed by atoms with Crippen molar-refractivity contribution < 1.29 is 9.59 Å². The van der Waals surface area contributed by atoms with E-state index in [1.807, 2.05) is 0 Å². The molecule has 2 amide bonds. The van der Waals surface area contributed by atoms with Crippen molar-refractivity contribution in [1.29, 1.82) is 0 Å². The van der Waals surface area contributed by atoms with Gasteiger partial charge in [-0.05, 0) is 24.1 Å². The lowest BCUT2D eigenvalue weighted by Gasteiger charge is -2.14. The second-order valence-corrected chi connectivity index (χ2v) is 6.44. The van der Waals surface area contributed by atoms with Crippen molar-refractivity contribution in [3.05, 3.63) is 24.3 Å². The van der Waals surface area contributed by atoms with Gasteiger partial charge >= 0.3 is 0 Å². The quantitative estimate of drug-likeness (QED) is 0.846. The van der Waals surface area contributed by atoms with Crippen molar-refractivity contribution in [2.75, 3.05) is 16.4 Å². The maximum Gasteiger partial charge on any atom is 0.234 e. The van der Waals surface area contributed by atoms with E-state index >= 15 is 0 Å². The Balaban J connectivity index is 2.51. The Labute approximate surface area is 124 Å². The first kappa shape index (κ1) is 16.6. The monoisotopic (exact) mass is 294 g/mol. The number of benzene rings is 1. The molecule has 1 rings (SSSR count). The molecule has 0 saturated heterocycles. The molecule has 0 unspecified atom stereocenters. The number of thioether (sulfide) groups is 1. The van der Waals surface area contributed by atoms with Crippen LogP contribution in [0, 0.1) is 5.92 Å². The van der Waals surface area contributed by atoms with Gasteiger partial charge in [0.15, 0.2) is 0 Å². The summed E-state index contributed by atoms with van der Waals surface area (Å²) in [4.78, 5) is 22.8.